The molecule has 2 aliphatic heterocycles. The summed E-state index contributed by atoms with van der Waals surface area (Å²) in [4.78, 5) is 8.48. The van der Waals surface area contributed by atoms with Crippen LogP contribution in [0.2, 0.25) is 0 Å². The highest BCUT2D eigenvalue weighted by atomic mass is 32.2. The first-order valence-electron chi connectivity index (χ1n) is 17.1. The Balaban J connectivity index is 1.18. The quantitative estimate of drug-likeness (QED) is 0.182. The number of fused-ring (bicyclic) bond motifs is 4. The molecule has 0 N–H and O–H groups in total. The molecular formula is C46H31N3OS. The third-order valence-electron chi connectivity index (χ3n) is 9.89. The van der Waals surface area contributed by atoms with Crippen LogP contribution in [0.5, 0.6) is 0 Å². The van der Waals surface area contributed by atoms with Crippen molar-refractivity contribution in [1.29, 1.82) is 0 Å². The molecule has 0 saturated heterocycles. The Morgan fingerprint density at radius 1 is 0.392 bits per heavy atom. The van der Waals surface area contributed by atoms with E-state index in [-0.39, 0.29) is 0 Å². The number of para-hydroxylation sites is 4. The standard InChI is InChI=1S/C46H31N3OS/c50-51-44-25-11-10-23-40(44)48(35-20-8-3-9-21-35)43-30-39-38-22-12-14-32-15-13-24-41(46(32)38)49(42(39)31-45(43)51)37-28-26-36(27-29-37)47(33-16-4-1-5-17-33)34-18-6-2-7-19-34/h1-31H. The van der Waals surface area contributed by atoms with Crippen LogP contribution >= 0.6 is 0 Å². The molecule has 0 spiro atoms. The summed E-state index contributed by atoms with van der Waals surface area (Å²) in [5.74, 6) is 0. The third-order valence-corrected chi connectivity index (χ3v) is 11.4. The molecule has 8 aromatic carbocycles. The van der Waals surface area contributed by atoms with Gasteiger partial charge in [0.15, 0.2) is 0 Å². The van der Waals surface area contributed by atoms with Crippen molar-refractivity contribution in [2.75, 3.05) is 14.7 Å². The van der Waals surface area contributed by atoms with Gasteiger partial charge in [-0.1, -0.05) is 97.1 Å². The molecule has 1 atom stereocenters. The van der Waals surface area contributed by atoms with Crippen LogP contribution in [0.1, 0.15) is 0 Å². The van der Waals surface area contributed by atoms with E-state index in [0.717, 1.165) is 66.5 Å². The van der Waals surface area contributed by atoms with Crippen LogP contribution in [-0.4, -0.2) is 4.21 Å². The van der Waals surface area contributed by atoms with Gasteiger partial charge in [0, 0.05) is 39.4 Å². The summed E-state index contributed by atoms with van der Waals surface area (Å²) in [5, 5.41) is 2.39. The fourth-order valence-electron chi connectivity index (χ4n) is 7.68. The van der Waals surface area contributed by atoms with E-state index >= 15 is 0 Å². The Morgan fingerprint density at radius 2 is 0.941 bits per heavy atom. The number of nitrogens with zero attached hydrogens (tertiary/aromatic N) is 3. The predicted octanol–water partition coefficient (Wildman–Crippen LogP) is 12.7. The number of rotatable bonds is 5. The molecule has 2 heterocycles. The molecule has 51 heavy (non-hydrogen) atoms. The molecule has 2 aliphatic rings. The molecule has 0 fully saturated rings. The minimum Gasteiger partial charge on any atom is -0.311 e. The first kappa shape index (κ1) is 29.5. The summed E-state index contributed by atoms with van der Waals surface area (Å²) < 4.78 is 14.5. The normalized spacial score (nSPS) is 14.1. The molecule has 1 unspecified atom stereocenters. The molecule has 242 valence electrons. The van der Waals surface area contributed by atoms with Gasteiger partial charge in [0.1, 0.15) is 0 Å². The number of hydrogen-bond acceptors (Lipinski definition) is 4. The molecule has 4 nitrogen and oxygen atoms in total. The molecule has 10 rings (SSSR count). The van der Waals surface area contributed by atoms with Crippen LogP contribution in [0.15, 0.2) is 198 Å². The van der Waals surface area contributed by atoms with E-state index in [1.54, 1.807) is 0 Å². The smallest absolute Gasteiger partial charge is 0.0893 e. The van der Waals surface area contributed by atoms with Crippen LogP contribution in [0, 0.1) is 0 Å². The van der Waals surface area contributed by atoms with Gasteiger partial charge >= 0.3 is 0 Å². The van der Waals surface area contributed by atoms with E-state index in [1.165, 1.54) is 16.3 Å². The number of anilines is 9. The van der Waals surface area contributed by atoms with Gasteiger partial charge in [-0.3, -0.25) is 0 Å². The maximum absolute atomic E-state index is 14.5. The van der Waals surface area contributed by atoms with Crippen molar-refractivity contribution < 1.29 is 4.21 Å². The Morgan fingerprint density at radius 3 is 1.65 bits per heavy atom. The Labute approximate surface area is 299 Å². The summed E-state index contributed by atoms with van der Waals surface area (Å²) in [6.45, 7) is 0. The lowest BCUT2D eigenvalue weighted by Crippen LogP contribution is -2.21. The van der Waals surface area contributed by atoms with Crippen LogP contribution in [-0.2, 0) is 10.8 Å². The molecule has 8 aromatic rings. The number of benzene rings is 8. The Bertz CT molecular complexity index is 2560. The van der Waals surface area contributed by atoms with Gasteiger partial charge in [-0.25, -0.2) is 4.21 Å². The minimum absolute atomic E-state index is 0.795. The predicted molar refractivity (Wildman–Crippen MR) is 212 cm³/mol. The lowest BCUT2D eigenvalue weighted by atomic mass is 9.90. The van der Waals surface area contributed by atoms with Crippen LogP contribution < -0.4 is 14.7 Å². The SMILES string of the molecule is O=S1c2ccccc2N(c2ccccc2)c2cc3c(cc21)N(c1ccc(N(c2ccccc2)c2ccccc2)cc1)c1cccc2cccc-3c12. The van der Waals surface area contributed by atoms with Crippen molar-refractivity contribution in [1.82, 2.24) is 0 Å². The molecule has 0 bridgehead atoms. The first-order chi connectivity index (χ1) is 25.2. The van der Waals surface area contributed by atoms with Crippen LogP contribution in [0.3, 0.4) is 0 Å². The second-order valence-electron chi connectivity index (χ2n) is 12.8. The summed E-state index contributed by atoms with van der Waals surface area (Å²) in [6.07, 6.45) is 0. The van der Waals surface area contributed by atoms with Crippen molar-refractivity contribution in [3.8, 4) is 11.1 Å². The van der Waals surface area contributed by atoms with Crippen molar-refractivity contribution in [2.45, 2.75) is 9.79 Å². The molecular weight excluding hydrogens is 643 g/mol. The van der Waals surface area contributed by atoms with E-state index in [0.29, 0.717) is 0 Å². The highest BCUT2D eigenvalue weighted by Crippen LogP contribution is 2.56. The fraction of sp³-hybridized carbons (Fsp3) is 0. The molecule has 0 saturated carbocycles. The van der Waals surface area contributed by atoms with E-state index in [1.807, 2.05) is 36.4 Å². The van der Waals surface area contributed by atoms with Gasteiger partial charge in [0.05, 0.1) is 43.3 Å². The maximum atomic E-state index is 14.5. The van der Waals surface area contributed by atoms with Gasteiger partial charge in [-0.2, -0.15) is 0 Å². The summed E-state index contributed by atoms with van der Waals surface area (Å²) >= 11 is 0. The lowest BCUT2D eigenvalue weighted by Gasteiger charge is -2.38. The zero-order chi connectivity index (χ0) is 33.9. The monoisotopic (exact) mass is 673 g/mol. The summed E-state index contributed by atoms with van der Waals surface area (Å²) in [5.41, 5.74) is 11.6. The van der Waals surface area contributed by atoms with Gasteiger partial charge in [0.2, 0.25) is 0 Å². The summed E-state index contributed by atoms with van der Waals surface area (Å²) in [6, 6.07) is 65.6. The van der Waals surface area contributed by atoms with Gasteiger partial charge in [0.25, 0.3) is 0 Å². The molecule has 0 radical (unpaired) electrons. The zero-order valence-corrected chi connectivity index (χ0v) is 28.4. The Kier molecular flexibility index (Phi) is 6.86. The lowest BCUT2D eigenvalue weighted by molar-refractivity contribution is 0.682. The molecule has 0 aliphatic carbocycles. The minimum atomic E-state index is -1.38. The van der Waals surface area contributed by atoms with Gasteiger partial charge in [-0.15, -0.1) is 0 Å². The topological polar surface area (TPSA) is 26.8 Å². The van der Waals surface area contributed by atoms with E-state index in [2.05, 4.69) is 166 Å². The number of hydrogen-bond donors (Lipinski definition) is 0. The molecule has 5 heteroatoms. The highest BCUT2D eigenvalue weighted by molar-refractivity contribution is 7.85. The molecule has 0 amide bonds. The summed E-state index contributed by atoms with van der Waals surface area (Å²) in [7, 11) is -1.38. The average Bonchev–Trinajstić information content (AvgIpc) is 3.20. The van der Waals surface area contributed by atoms with Crippen molar-refractivity contribution in [3.63, 3.8) is 0 Å². The van der Waals surface area contributed by atoms with Crippen LogP contribution in [0.4, 0.5) is 51.2 Å². The Hall–Kier alpha value is -6.43. The van der Waals surface area contributed by atoms with Crippen molar-refractivity contribution in [3.05, 3.63) is 188 Å². The molecule has 0 aromatic heterocycles. The maximum Gasteiger partial charge on any atom is 0.0893 e. The highest BCUT2D eigenvalue weighted by Gasteiger charge is 2.34. The second-order valence-corrected chi connectivity index (χ2v) is 14.2. The fourth-order valence-corrected chi connectivity index (χ4v) is 9.02. The second kappa shape index (κ2) is 11.9. The van der Waals surface area contributed by atoms with E-state index in [9.17, 15) is 4.21 Å². The van der Waals surface area contributed by atoms with Crippen molar-refractivity contribution >= 4 is 72.8 Å². The average molecular weight is 674 g/mol. The first-order valence-corrected chi connectivity index (χ1v) is 18.3. The van der Waals surface area contributed by atoms with Gasteiger partial charge < -0.3 is 14.7 Å². The van der Waals surface area contributed by atoms with E-state index in [4.69, 9.17) is 0 Å². The van der Waals surface area contributed by atoms with E-state index < -0.39 is 10.8 Å². The zero-order valence-electron chi connectivity index (χ0n) is 27.6. The largest absolute Gasteiger partial charge is 0.311 e. The van der Waals surface area contributed by atoms with Crippen molar-refractivity contribution in [2.24, 2.45) is 0 Å². The third kappa shape index (κ3) is 4.70. The van der Waals surface area contributed by atoms with Gasteiger partial charge in [-0.05, 0) is 102 Å². The van der Waals surface area contributed by atoms with Crippen LogP contribution in [0.25, 0.3) is 21.9 Å².